The molecule has 1 heterocycles. The minimum Gasteiger partial charge on any atom is -0.353 e. The molecule has 0 aliphatic heterocycles. The minimum absolute atomic E-state index is 0.111. The van der Waals surface area contributed by atoms with Crippen molar-refractivity contribution in [1.29, 1.82) is 0 Å². The van der Waals surface area contributed by atoms with E-state index in [-0.39, 0.29) is 23.3 Å². The highest BCUT2D eigenvalue weighted by Gasteiger charge is 2.61. The van der Waals surface area contributed by atoms with Crippen LogP contribution in [0.3, 0.4) is 0 Å². The molecule has 120 valence electrons. The maximum absolute atomic E-state index is 12.6. The van der Waals surface area contributed by atoms with Crippen LogP contribution in [0.5, 0.6) is 0 Å². The molecule has 2 aliphatic rings. The average Bonchev–Trinajstić information content (AvgIpc) is 2.95. The molecule has 3 atom stereocenters. The molecule has 4 nitrogen and oxygen atoms in total. The van der Waals surface area contributed by atoms with Gasteiger partial charge in [0, 0.05) is 29.5 Å². The SMILES string of the molecule is Cc1cc(CC(C)NC(=O)C2CC23CCc2ccccc23)n[nH]1. The van der Waals surface area contributed by atoms with Gasteiger partial charge in [0.1, 0.15) is 0 Å². The van der Waals surface area contributed by atoms with Crippen LogP contribution in [-0.4, -0.2) is 22.1 Å². The Balaban J connectivity index is 1.40. The van der Waals surface area contributed by atoms with Crippen molar-refractivity contribution in [3.05, 3.63) is 52.8 Å². The highest BCUT2D eigenvalue weighted by molar-refractivity contribution is 5.85. The summed E-state index contributed by atoms with van der Waals surface area (Å²) in [7, 11) is 0. The lowest BCUT2D eigenvalue weighted by Gasteiger charge is -2.15. The number of H-pyrrole nitrogens is 1. The van der Waals surface area contributed by atoms with Crippen LogP contribution in [0.2, 0.25) is 0 Å². The van der Waals surface area contributed by atoms with Gasteiger partial charge in [0.25, 0.3) is 0 Å². The summed E-state index contributed by atoms with van der Waals surface area (Å²) < 4.78 is 0. The molecular formula is C19H23N3O. The molecule has 2 aliphatic carbocycles. The fourth-order valence-electron chi connectivity index (χ4n) is 4.23. The van der Waals surface area contributed by atoms with E-state index in [1.54, 1.807) is 0 Å². The van der Waals surface area contributed by atoms with Gasteiger partial charge in [-0.05, 0) is 50.3 Å². The van der Waals surface area contributed by atoms with Gasteiger partial charge in [-0.3, -0.25) is 9.89 Å². The third-order valence-electron chi connectivity index (χ3n) is 5.45. The standard InChI is InChI=1S/C19H23N3O/c1-12(9-15-10-13(2)21-22-15)20-18(23)17-11-19(17)8-7-14-5-3-4-6-16(14)19/h3-6,10,12,17H,7-9,11H2,1-2H3,(H,20,23)(H,21,22). The maximum Gasteiger partial charge on any atom is 0.224 e. The first-order chi connectivity index (χ1) is 11.1. The Kier molecular flexibility index (Phi) is 3.29. The van der Waals surface area contributed by atoms with Crippen molar-refractivity contribution in [2.75, 3.05) is 0 Å². The summed E-state index contributed by atoms with van der Waals surface area (Å²) in [6.45, 7) is 4.05. The van der Waals surface area contributed by atoms with E-state index in [9.17, 15) is 4.79 Å². The smallest absolute Gasteiger partial charge is 0.224 e. The fourth-order valence-corrected chi connectivity index (χ4v) is 4.23. The highest BCUT2D eigenvalue weighted by atomic mass is 16.2. The van der Waals surface area contributed by atoms with Gasteiger partial charge >= 0.3 is 0 Å². The molecule has 1 spiro atoms. The number of aryl methyl sites for hydroxylation is 2. The molecule has 3 unspecified atom stereocenters. The maximum atomic E-state index is 12.6. The number of aromatic nitrogens is 2. The highest BCUT2D eigenvalue weighted by Crippen LogP contribution is 2.61. The third-order valence-corrected chi connectivity index (χ3v) is 5.45. The monoisotopic (exact) mass is 309 g/mol. The van der Waals surface area contributed by atoms with E-state index in [4.69, 9.17) is 0 Å². The topological polar surface area (TPSA) is 57.8 Å². The molecule has 1 aromatic carbocycles. The van der Waals surface area contributed by atoms with Gasteiger partial charge in [-0.2, -0.15) is 5.10 Å². The Morgan fingerprint density at radius 3 is 3.09 bits per heavy atom. The predicted molar refractivity (Wildman–Crippen MR) is 89.2 cm³/mol. The van der Waals surface area contributed by atoms with Gasteiger partial charge in [0.05, 0.1) is 5.69 Å². The first-order valence-corrected chi connectivity index (χ1v) is 8.48. The van der Waals surface area contributed by atoms with Crippen LogP contribution in [0.4, 0.5) is 0 Å². The Morgan fingerprint density at radius 2 is 2.30 bits per heavy atom. The molecule has 23 heavy (non-hydrogen) atoms. The lowest BCUT2D eigenvalue weighted by Crippen LogP contribution is -2.36. The van der Waals surface area contributed by atoms with Crippen LogP contribution >= 0.6 is 0 Å². The van der Waals surface area contributed by atoms with Crippen molar-refractivity contribution in [2.45, 2.75) is 51.0 Å². The number of rotatable bonds is 4. The fraction of sp³-hybridized carbons (Fsp3) is 0.474. The second-order valence-corrected chi connectivity index (χ2v) is 7.23. The first-order valence-electron chi connectivity index (χ1n) is 8.48. The second-order valence-electron chi connectivity index (χ2n) is 7.23. The number of nitrogens with zero attached hydrogens (tertiary/aromatic N) is 1. The number of aromatic amines is 1. The molecule has 1 aromatic heterocycles. The molecule has 0 bridgehead atoms. The molecule has 1 amide bonds. The van der Waals surface area contributed by atoms with Crippen molar-refractivity contribution < 1.29 is 4.79 Å². The summed E-state index contributed by atoms with van der Waals surface area (Å²) in [5, 5.41) is 10.4. The molecule has 4 rings (SSSR count). The van der Waals surface area contributed by atoms with E-state index in [2.05, 4.69) is 46.7 Å². The number of fused-ring (bicyclic) bond motifs is 2. The summed E-state index contributed by atoms with van der Waals surface area (Å²) in [6.07, 6.45) is 4.01. The van der Waals surface area contributed by atoms with Gasteiger partial charge in [-0.1, -0.05) is 24.3 Å². The number of hydrogen-bond acceptors (Lipinski definition) is 2. The predicted octanol–water partition coefficient (Wildman–Crippen LogP) is 2.67. The lowest BCUT2D eigenvalue weighted by atomic mass is 9.95. The second kappa shape index (κ2) is 5.22. The molecular weight excluding hydrogens is 286 g/mol. The number of nitrogens with one attached hydrogen (secondary N) is 2. The van der Waals surface area contributed by atoms with Crippen molar-refractivity contribution in [1.82, 2.24) is 15.5 Å². The minimum atomic E-state index is 0.111. The van der Waals surface area contributed by atoms with Gasteiger partial charge in [-0.15, -0.1) is 0 Å². The lowest BCUT2D eigenvalue weighted by molar-refractivity contribution is -0.123. The van der Waals surface area contributed by atoms with Crippen molar-refractivity contribution in [3.8, 4) is 0 Å². The summed E-state index contributed by atoms with van der Waals surface area (Å²) in [5.74, 6) is 0.357. The average molecular weight is 309 g/mol. The number of carbonyl (C=O) groups is 1. The Hall–Kier alpha value is -2.10. The number of hydrogen-bond donors (Lipinski definition) is 2. The van der Waals surface area contributed by atoms with Crippen LogP contribution < -0.4 is 5.32 Å². The van der Waals surface area contributed by atoms with Crippen molar-refractivity contribution in [3.63, 3.8) is 0 Å². The summed E-state index contributed by atoms with van der Waals surface area (Å²) in [4.78, 5) is 12.6. The van der Waals surface area contributed by atoms with Gasteiger partial charge in [-0.25, -0.2) is 0 Å². The molecule has 2 aromatic rings. The summed E-state index contributed by atoms with van der Waals surface area (Å²) >= 11 is 0. The molecule has 1 saturated carbocycles. The molecule has 4 heteroatoms. The van der Waals surface area contributed by atoms with Gasteiger partial charge < -0.3 is 5.32 Å². The quantitative estimate of drug-likeness (QED) is 0.912. The van der Waals surface area contributed by atoms with E-state index in [0.29, 0.717) is 0 Å². The first kappa shape index (κ1) is 14.5. The largest absolute Gasteiger partial charge is 0.353 e. The van der Waals surface area contributed by atoms with Gasteiger partial charge in [0.2, 0.25) is 5.91 Å². The van der Waals surface area contributed by atoms with E-state index < -0.39 is 0 Å². The Morgan fingerprint density at radius 1 is 1.48 bits per heavy atom. The van der Waals surface area contributed by atoms with Crippen LogP contribution in [0.15, 0.2) is 30.3 Å². The zero-order valence-electron chi connectivity index (χ0n) is 13.7. The van der Waals surface area contributed by atoms with Crippen LogP contribution in [-0.2, 0) is 23.1 Å². The molecule has 0 radical (unpaired) electrons. The van der Waals surface area contributed by atoms with E-state index >= 15 is 0 Å². The zero-order valence-corrected chi connectivity index (χ0v) is 13.7. The van der Waals surface area contributed by atoms with Gasteiger partial charge in [0.15, 0.2) is 0 Å². The zero-order chi connectivity index (χ0) is 16.0. The van der Waals surface area contributed by atoms with E-state index in [0.717, 1.165) is 37.1 Å². The summed E-state index contributed by atoms with van der Waals surface area (Å²) in [5.41, 5.74) is 5.04. The van der Waals surface area contributed by atoms with Crippen molar-refractivity contribution >= 4 is 5.91 Å². The van der Waals surface area contributed by atoms with E-state index in [1.807, 2.05) is 13.0 Å². The Bertz CT molecular complexity index is 751. The normalized spacial score (nSPS) is 26.1. The third kappa shape index (κ3) is 2.46. The number of benzene rings is 1. The van der Waals surface area contributed by atoms with Crippen LogP contribution in [0.25, 0.3) is 0 Å². The molecule has 0 saturated heterocycles. The molecule has 1 fully saturated rings. The summed E-state index contributed by atoms with van der Waals surface area (Å²) in [6, 6.07) is 10.8. The van der Waals surface area contributed by atoms with Crippen LogP contribution in [0, 0.1) is 12.8 Å². The molecule has 2 N–H and O–H groups in total. The number of amides is 1. The Labute approximate surface area is 136 Å². The number of carbonyl (C=O) groups excluding carboxylic acids is 1. The van der Waals surface area contributed by atoms with Crippen LogP contribution in [0.1, 0.15) is 42.3 Å². The van der Waals surface area contributed by atoms with E-state index in [1.165, 1.54) is 11.1 Å². The van der Waals surface area contributed by atoms with Crippen molar-refractivity contribution in [2.24, 2.45) is 5.92 Å².